The zero-order valence-corrected chi connectivity index (χ0v) is 8.64. The summed E-state index contributed by atoms with van der Waals surface area (Å²) in [4.78, 5) is 0. The van der Waals surface area contributed by atoms with Crippen molar-refractivity contribution in [3.63, 3.8) is 0 Å². The number of thioether (sulfide) groups is 2. The molecule has 0 bridgehead atoms. The minimum atomic E-state index is -4.09. The Morgan fingerprint density at radius 2 is 2.08 bits per heavy atom. The van der Waals surface area contributed by atoms with Crippen LogP contribution in [0.3, 0.4) is 0 Å². The average molecular weight is 231 g/mol. The molecule has 2 N–H and O–H groups in total. The van der Waals surface area contributed by atoms with Gasteiger partial charge in [0.15, 0.2) is 0 Å². The lowest BCUT2D eigenvalue weighted by Gasteiger charge is -2.13. The van der Waals surface area contributed by atoms with Gasteiger partial charge in [-0.05, 0) is 18.1 Å². The standard InChI is InChI=1S/C7H12F3NS2/c8-7(9,10)13-2-1-5-3-12-4-6(5)11/h5-6H,1-4,11H2. The number of rotatable bonds is 3. The lowest BCUT2D eigenvalue weighted by molar-refractivity contribution is -0.0328. The topological polar surface area (TPSA) is 26.0 Å². The summed E-state index contributed by atoms with van der Waals surface area (Å²) >= 11 is 1.79. The Kier molecular flexibility index (Phi) is 4.25. The van der Waals surface area contributed by atoms with Crippen molar-refractivity contribution in [1.82, 2.24) is 0 Å². The molecule has 0 radical (unpaired) electrons. The van der Waals surface area contributed by atoms with Crippen molar-refractivity contribution in [3.05, 3.63) is 0 Å². The molecule has 1 saturated heterocycles. The van der Waals surface area contributed by atoms with Crippen LogP contribution in [-0.4, -0.2) is 28.8 Å². The second-order valence-corrected chi connectivity index (χ2v) is 5.28. The molecule has 1 fully saturated rings. The van der Waals surface area contributed by atoms with E-state index in [-0.39, 0.29) is 29.5 Å². The van der Waals surface area contributed by atoms with Crippen LogP contribution in [-0.2, 0) is 0 Å². The van der Waals surface area contributed by atoms with Gasteiger partial charge in [0.1, 0.15) is 0 Å². The predicted molar refractivity (Wildman–Crippen MR) is 51.9 cm³/mol. The first-order valence-electron chi connectivity index (χ1n) is 4.03. The molecule has 0 spiro atoms. The average Bonchev–Trinajstić information content (AvgIpc) is 2.34. The zero-order chi connectivity index (χ0) is 9.90. The van der Waals surface area contributed by atoms with E-state index in [0.29, 0.717) is 6.42 Å². The molecule has 78 valence electrons. The minimum absolute atomic E-state index is 0.0576. The summed E-state index contributed by atoms with van der Waals surface area (Å²) in [6.07, 6.45) is 0.582. The third-order valence-corrected chi connectivity index (χ3v) is 4.05. The number of hydrogen-bond donors (Lipinski definition) is 1. The van der Waals surface area contributed by atoms with Crippen LogP contribution in [0.1, 0.15) is 6.42 Å². The highest BCUT2D eigenvalue weighted by Crippen LogP contribution is 2.33. The fraction of sp³-hybridized carbons (Fsp3) is 1.00. The van der Waals surface area contributed by atoms with Gasteiger partial charge in [-0.25, -0.2) is 0 Å². The molecule has 1 aliphatic rings. The molecule has 2 atom stereocenters. The van der Waals surface area contributed by atoms with E-state index < -0.39 is 5.51 Å². The van der Waals surface area contributed by atoms with Crippen LogP contribution in [0.5, 0.6) is 0 Å². The van der Waals surface area contributed by atoms with Gasteiger partial charge in [0.05, 0.1) is 0 Å². The SMILES string of the molecule is NC1CSCC1CCSC(F)(F)F. The first kappa shape index (κ1) is 11.5. The van der Waals surface area contributed by atoms with Crippen LogP contribution in [0.2, 0.25) is 0 Å². The molecule has 0 aliphatic carbocycles. The van der Waals surface area contributed by atoms with E-state index in [1.54, 1.807) is 11.8 Å². The van der Waals surface area contributed by atoms with Gasteiger partial charge in [-0.2, -0.15) is 24.9 Å². The summed E-state index contributed by atoms with van der Waals surface area (Å²) in [6, 6.07) is 0.0961. The molecule has 0 aromatic rings. The lowest BCUT2D eigenvalue weighted by Crippen LogP contribution is -2.28. The van der Waals surface area contributed by atoms with E-state index in [9.17, 15) is 13.2 Å². The van der Waals surface area contributed by atoms with Crippen molar-refractivity contribution in [2.45, 2.75) is 18.0 Å². The van der Waals surface area contributed by atoms with E-state index in [2.05, 4.69) is 0 Å². The molecular formula is C7H12F3NS2. The monoisotopic (exact) mass is 231 g/mol. The lowest BCUT2D eigenvalue weighted by atomic mass is 10.0. The van der Waals surface area contributed by atoms with Crippen molar-refractivity contribution in [2.75, 3.05) is 17.3 Å². The maximum atomic E-state index is 11.8. The Morgan fingerprint density at radius 1 is 1.38 bits per heavy atom. The molecule has 1 rings (SSSR count). The summed E-state index contributed by atoms with van der Waals surface area (Å²) in [7, 11) is 0. The highest BCUT2D eigenvalue weighted by Gasteiger charge is 2.30. The van der Waals surface area contributed by atoms with Crippen LogP contribution in [0.15, 0.2) is 0 Å². The highest BCUT2D eigenvalue weighted by molar-refractivity contribution is 8.00. The molecule has 1 heterocycles. The summed E-state index contributed by atoms with van der Waals surface area (Å²) in [6.45, 7) is 0. The van der Waals surface area contributed by atoms with Crippen LogP contribution >= 0.6 is 23.5 Å². The largest absolute Gasteiger partial charge is 0.441 e. The fourth-order valence-electron chi connectivity index (χ4n) is 1.24. The summed E-state index contributed by atoms with van der Waals surface area (Å²) in [5.74, 6) is 2.23. The first-order chi connectivity index (χ1) is 5.99. The minimum Gasteiger partial charge on any atom is -0.327 e. The van der Waals surface area contributed by atoms with Gasteiger partial charge in [-0.15, -0.1) is 0 Å². The molecule has 1 nitrogen and oxygen atoms in total. The number of nitrogens with two attached hydrogens (primary N) is 1. The summed E-state index contributed by atoms with van der Waals surface area (Å²) in [5.41, 5.74) is 1.63. The van der Waals surface area contributed by atoms with Crippen molar-refractivity contribution in [2.24, 2.45) is 11.7 Å². The Labute approximate surface area is 84.0 Å². The molecular weight excluding hydrogens is 219 g/mol. The van der Waals surface area contributed by atoms with Crippen LogP contribution in [0.25, 0.3) is 0 Å². The molecule has 2 unspecified atom stereocenters. The van der Waals surface area contributed by atoms with Gasteiger partial charge in [0.2, 0.25) is 0 Å². The Hall–Kier alpha value is 0.450. The van der Waals surface area contributed by atoms with Crippen LogP contribution < -0.4 is 5.73 Å². The van der Waals surface area contributed by atoms with Gasteiger partial charge in [-0.1, -0.05) is 11.8 Å². The normalized spacial score (nSPS) is 29.5. The van der Waals surface area contributed by atoms with Gasteiger partial charge in [0.25, 0.3) is 0 Å². The van der Waals surface area contributed by atoms with Crippen molar-refractivity contribution < 1.29 is 13.2 Å². The highest BCUT2D eigenvalue weighted by atomic mass is 32.2. The quantitative estimate of drug-likeness (QED) is 0.807. The van der Waals surface area contributed by atoms with Crippen molar-refractivity contribution in [1.29, 1.82) is 0 Å². The summed E-state index contributed by atoms with van der Waals surface area (Å²) in [5, 5.41) is 0. The molecule has 1 aliphatic heterocycles. The van der Waals surface area contributed by atoms with E-state index >= 15 is 0 Å². The van der Waals surface area contributed by atoms with Gasteiger partial charge < -0.3 is 5.73 Å². The van der Waals surface area contributed by atoms with E-state index in [0.717, 1.165) is 11.5 Å². The second-order valence-electron chi connectivity index (χ2n) is 3.04. The third kappa shape index (κ3) is 4.46. The maximum Gasteiger partial charge on any atom is 0.441 e. The molecule has 0 aromatic heterocycles. The number of halogens is 3. The zero-order valence-electron chi connectivity index (χ0n) is 7.01. The van der Waals surface area contributed by atoms with Crippen molar-refractivity contribution >= 4 is 23.5 Å². The van der Waals surface area contributed by atoms with Gasteiger partial charge in [-0.3, -0.25) is 0 Å². The Balaban J connectivity index is 2.12. The first-order valence-corrected chi connectivity index (χ1v) is 6.17. The van der Waals surface area contributed by atoms with Gasteiger partial charge >= 0.3 is 5.51 Å². The Morgan fingerprint density at radius 3 is 2.54 bits per heavy atom. The molecule has 6 heteroatoms. The van der Waals surface area contributed by atoms with Crippen molar-refractivity contribution in [3.8, 4) is 0 Å². The fourth-order valence-corrected chi connectivity index (χ4v) is 3.29. The summed E-state index contributed by atoms with van der Waals surface area (Å²) < 4.78 is 35.3. The smallest absolute Gasteiger partial charge is 0.327 e. The maximum absolute atomic E-state index is 11.8. The molecule has 0 aromatic carbocycles. The van der Waals surface area contributed by atoms with E-state index in [1.165, 1.54) is 0 Å². The second kappa shape index (κ2) is 4.79. The Bertz CT molecular complexity index is 162. The van der Waals surface area contributed by atoms with Crippen LogP contribution in [0.4, 0.5) is 13.2 Å². The van der Waals surface area contributed by atoms with E-state index in [4.69, 9.17) is 5.73 Å². The third-order valence-electron chi connectivity index (χ3n) is 2.00. The molecule has 13 heavy (non-hydrogen) atoms. The number of hydrogen-bond acceptors (Lipinski definition) is 3. The molecule has 0 saturated carbocycles. The molecule has 0 amide bonds. The van der Waals surface area contributed by atoms with Gasteiger partial charge in [0, 0.05) is 17.5 Å². The number of alkyl halides is 3. The van der Waals surface area contributed by atoms with E-state index in [1.807, 2.05) is 0 Å². The predicted octanol–water partition coefficient (Wildman–Crippen LogP) is 2.32. The van der Waals surface area contributed by atoms with Crippen LogP contribution in [0, 0.1) is 5.92 Å².